The fourth-order valence-corrected chi connectivity index (χ4v) is 1.70. The van der Waals surface area contributed by atoms with Gasteiger partial charge in [-0.1, -0.05) is 0 Å². The number of likely N-dealkylation sites (tertiary alicyclic amines) is 2. The zero-order valence-corrected chi connectivity index (χ0v) is 14.3. The second-order valence-electron chi connectivity index (χ2n) is 3.86. The predicted molar refractivity (Wildman–Crippen MR) is 65.2 cm³/mol. The Morgan fingerprint density at radius 1 is 0.810 bits per heavy atom. The fourth-order valence-electron chi connectivity index (χ4n) is 1.70. The van der Waals surface area contributed by atoms with Crippen molar-refractivity contribution in [1.29, 1.82) is 0 Å². The molecule has 11 heteroatoms. The van der Waals surface area contributed by atoms with E-state index in [9.17, 15) is 19.2 Å². The summed E-state index contributed by atoms with van der Waals surface area (Å²) in [6.07, 6.45) is -0.149. The molecule has 10 nitrogen and oxygen atoms in total. The van der Waals surface area contributed by atoms with Crippen molar-refractivity contribution < 1.29 is 59.8 Å². The smallest absolute Gasteiger partial charge is 0.414 e. The van der Waals surface area contributed by atoms with E-state index in [1.165, 1.54) is 0 Å². The number of carbonyl (C=O) groups is 4. The van der Waals surface area contributed by atoms with Gasteiger partial charge in [-0.05, 0) is 12.8 Å². The molecule has 0 aromatic heterocycles. The molecule has 2 aliphatic rings. The molecule has 6 N–H and O–H groups in total. The third-order valence-electron chi connectivity index (χ3n) is 2.61. The molecule has 2 saturated heterocycles. The molecule has 0 bridgehead atoms. The zero-order chi connectivity index (χ0) is 13.7. The first-order valence-corrected chi connectivity index (χ1v) is 5.50. The van der Waals surface area contributed by atoms with Crippen LogP contribution in [0.3, 0.4) is 0 Å². The Kier molecular flexibility index (Phi) is 12.9. The van der Waals surface area contributed by atoms with Crippen molar-refractivity contribution >= 4 is 24.0 Å². The van der Waals surface area contributed by atoms with Crippen molar-refractivity contribution in [3.63, 3.8) is 0 Å². The summed E-state index contributed by atoms with van der Waals surface area (Å²) in [6.45, 7) is 0.738. The summed E-state index contributed by atoms with van der Waals surface area (Å²) in [5.41, 5.74) is 0. The summed E-state index contributed by atoms with van der Waals surface area (Å²) < 4.78 is 0. The summed E-state index contributed by atoms with van der Waals surface area (Å²) in [5.74, 6) is -0.551. The molecule has 0 saturated carbocycles. The molecule has 0 atom stereocenters. The van der Waals surface area contributed by atoms with Crippen molar-refractivity contribution in [1.82, 2.24) is 9.80 Å². The molecular formula is C10H18N2O8Zn. The van der Waals surface area contributed by atoms with Gasteiger partial charge in [-0.25, -0.2) is 19.4 Å². The maximum atomic E-state index is 10.6. The first-order valence-electron chi connectivity index (χ1n) is 5.50. The molecule has 2 fully saturated rings. The van der Waals surface area contributed by atoms with Gasteiger partial charge >= 0.3 is 12.2 Å². The van der Waals surface area contributed by atoms with E-state index in [4.69, 9.17) is 10.2 Å². The Morgan fingerprint density at radius 3 is 1.19 bits per heavy atom. The van der Waals surface area contributed by atoms with E-state index in [1.807, 2.05) is 0 Å². The van der Waals surface area contributed by atoms with E-state index < -0.39 is 12.2 Å². The van der Waals surface area contributed by atoms with Crippen LogP contribution >= 0.6 is 0 Å². The molecular weight excluding hydrogens is 342 g/mol. The number of nitrogens with zero attached hydrogens (tertiary/aromatic N) is 2. The van der Waals surface area contributed by atoms with E-state index in [0.29, 0.717) is 38.8 Å². The minimum absolute atomic E-state index is 0. The first-order chi connectivity index (χ1) is 8.43. The van der Waals surface area contributed by atoms with Gasteiger partial charge in [0.05, 0.1) is 0 Å². The third kappa shape index (κ3) is 7.12. The molecule has 0 aromatic carbocycles. The van der Waals surface area contributed by atoms with Gasteiger partial charge in [0.1, 0.15) is 0 Å². The molecule has 0 radical (unpaired) electrons. The van der Waals surface area contributed by atoms with Crippen molar-refractivity contribution in [3.8, 4) is 0 Å². The molecule has 2 aliphatic heterocycles. The maximum absolute atomic E-state index is 10.6. The number of imide groups is 2. The Bertz CT molecular complexity index is 353. The Morgan fingerprint density at radius 2 is 1.10 bits per heavy atom. The van der Waals surface area contributed by atoms with Gasteiger partial charge in [-0.15, -0.1) is 0 Å². The monoisotopic (exact) mass is 358 g/mol. The number of carbonyl (C=O) groups excluding carboxylic acids is 2. The van der Waals surface area contributed by atoms with Crippen LogP contribution in [0.1, 0.15) is 25.7 Å². The maximum Gasteiger partial charge on any atom is 0.414 e. The van der Waals surface area contributed by atoms with Crippen LogP contribution in [0.25, 0.3) is 0 Å². The largest absolute Gasteiger partial charge is 0.465 e. The van der Waals surface area contributed by atoms with Gasteiger partial charge in [-0.2, -0.15) is 0 Å². The number of rotatable bonds is 0. The number of carboxylic acid groups (broad SMARTS) is 2. The average molecular weight is 360 g/mol. The second kappa shape index (κ2) is 11.1. The van der Waals surface area contributed by atoms with Gasteiger partial charge in [-0.3, -0.25) is 9.59 Å². The summed E-state index contributed by atoms with van der Waals surface area (Å²) in [5, 5.41) is 16.6. The van der Waals surface area contributed by atoms with Crippen LogP contribution in [0.2, 0.25) is 0 Å². The first kappa shape index (κ1) is 24.4. The predicted octanol–water partition coefficient (Wildman–Crippen LogP) is -1.08. The number of hydrogen-bond acceptors (Lipinski definition) is 4. The quantitative estimate of drug-likeness (QED) is 0.519. The molecule has 2 heterocycles. The minimum atomic E-state index is -1.13. The number of amides is 4. The van der Waals surface area contributed by atoms with Crippen LogP contribution in [0.15, 0.2) is 0 Å². The molecule has 0 spiro atoms. The molecule has 0 unspecified atom stereocenters. The fraction of sp³-hybridized carbons (Fsp3) is 0.600. The van der Waals surface area contributed by atoms with Crippen molar-refractivity contribution in [3.05, 3.63) is 0 Å². The second-order valence-corrected chi connectivity index (χ2v) is 3.86. The van der Waals surface area contributed by atoms with Crippen LogP contribution < -0.4 is 0 Å². The van der Waals surface area contributed by atoms with Crippen LogP contribution in [0, 0.1) is 0 Å². The van der Waals surface area contributed by atoms with Crippen LogP contribution in [-0.2, 0) is 29.1 Å². The van der Waals surface area contributed by atoms with Gasteiger partial charge < -0.3 is 21.2 Å². The average Bonchev–Trinajstić information content (AvgIpc) is 2.87. The topological polar surface area (TPSA) is 178 Å². The molecule has 118 valence electrons. The normalized spacial score (nSPS) is 16.0. The SMILES string of the molecule is O.O.O=C(O)N1CCCC1=O.O=C(O)N1CCCC1=O.[Zn]. The van der Waals surface area contributed by atoms with Gasteiger partial charge in [0.2, 0.25) is 11.8 Å². The van der Waals surface area contributed by atoms with E-state index in [2.05, 4.69) is 0 Å². The molecule has 21 heavy (non-hydrogen) atoms. The molecule has 2 rings (SSSR count). The molecule has 4 amide bonds. The van der Waals surface area contributed by atoms with Crippen LogP contribution in [0.4, 0.5) is 9.59 Å². The molecule has 0 aliphatic carbocycles. The summed E-state index contributed by atoms with van der Waals surface area (Å²) in [7, 11) is 0. The van der Waals surface area contributed by atoms with Crippen molar-refractivity contribution in [2.75, 3.05) is 13.1 Å². The third-order valence-corrected chi connectivity index (χ3v) is 2.61. The van der Waals surface area contributed by atoms with Crippen LogP contribution in [0.5, 0.6) is 0 Å². The van der Waals surface area contributed by atoms with Gasteiger partial charge in [0.15, 0.2) is 0 Å². The van der Waals surface area contributed by atoms with E-state index in [1.54, 1.807) is 0 Å². The van der Waals surface area contributed by atoms with E-state index in [-0.39, 0.29) is 42.2 Å². The zero-order valence-electron chi connectivity index (χ0n) is 11.4. The Hall–Kier alpha value is -1.58. The van der Waals surface area contributed by atoms with Gasteiger partial charge in [0, 0.05) is 45.4 Å². The minimum Gasteiger partial charge on any atom is -0.465 e. The van der Waals surface area contributed by atoms with Gasteiger partial charge in [0.25, 0.3) is 0 Å². The summed E-state index contributed by atoms with van der Waals surface area (Å²) >= 11 is 0. The summed E-state index contributed by atoms with van der Waals surface area (Å²) in [4.78, 5) is 43.1. The van der Waals surface area contributed by atoms with Crippen LogP contribution in [-0.4, -0.2) is 68.1 Å². The number of hydrogen-bond donors (Lipinski definition) is 2. The Balaban J connectivity index is -0.000000270. The van der Waals surface area contributed by atoms with E-state index in [0.717, 1.165) is 9.80 Å². The molecule has 0 aromatic rings. The summed E-state index contributed by atoms with van der Waals surface area (Å²) in [6, 6.07) is 0. The van der Waals surface area contributed by atoms with Crippen molar-refractivity contribution in [2.24, 2.45) is 0 Å². The van der Waals surface area contributed by atoms with E-state index >= 15 is 0 Å². The standard InChI is InChI=1S/2C5H7NO3.2H2O.Zn/c2*7-4-2-1-3-6(4)5(8)9;;;/h2*1-3H2,(H,8,9);2*1H2;. The van der Waals surface area contributed by atoms with Crippen molar-refractivity contribution in [2.45, 2.75) is 25.7 Å². The Labute approximate surface area is 133 Å².